The molecule has 0 aromatic heterocycles. The van der Waals surface area contributed by atoms with Gasteiger partial charge in [0, 0.05) is 19.3 Å². The molecule has 0 rings (SSSR count). The van der Waals surface area contributed by atoms with Gasteiger partial charge in [0.25, 0.3) is 0 Å². The summed E-state index contributed by atoms with van der Waals surface area (Å²) in [5.74, 6) is -2.85. The highest BCUT2D eigenvalue weighted by molar-refractivity contribution is 5.77. The van der Waals surface area contributed by atoms with Gasteiger partial charge in [0.15, 0.2) is 0 Å². The van der Waals surface area contributed by atoms with Gasteiger partial charge < -0.3 is 19.7 Å². The fourth-order valence-corrected chi connectivity index (χ4v) is 3.31. The number of carboxylic acids is 2. The van der Waals surface area contributed by atoms with E-state index >= 15 is 0 Å². The lowest BCUT2D eigenvalue weighted by Gasteiger charge is -2.28. The normalized spacial score (nSPS) is 11.2. The third-order valence-corrected chi connectivity index (χ3v) is 5.49. The van der Waals surface area contributed by atoms with Gasteiger partial charge in [-0.05, 0) is 25.7 Å². The molecule has 0 aromatic carbocycles. The molecule has 0 unspecified atom stereocenters. The van der Waals surface area contributed by atoms with E-state index in [1.165, 1.54) is 0 Å². The first-order chi connectivity index (χ1) is 15.3. The van der Waals surface area contributed by atoms with Crippen LogP contribution in [0.15, 0.2) is 0 Å². The van der Waals surface area contributed by atoms with Crippen LogP contribution in [-0.4, -0.2) is 47.3 Å². The van der Waals surface area contributed by atoms with E-state index in [9.17, 15) is 24.3 Å². The van der Waals surface area contributed by atoms with E-state index < -0.39 is 29.3 Å². The highest BCUT2D eigenvalue weighted by atomic mass is 16.6. The van der Waals surface area contributed by atoms with Crippen molar-refractivity contribution in [3.05, 3.63) is 0 Å². The SMILES string of the molecule is CCCCCC(=O)OCC(CCCCCCCC(=O)O)(COC(=O)CCCCC)C(=O)O. The van der Waals surface area contributed by atoms with Gasteiger partial charge in [-0.25, -0.2) is 0 Å². The number of carbonyl (C=O) groups is 4. The molecule has 8 heteroatoms. The second-order valence-electron chi connectivity index (χ2n) is 8.48. The average Bonchev–Trinajstić information content (AvgIpc) is 2.74. The molecule has 0 fully saturated rings. The molecule has 2 N–H and O–H groups in total. The smallest absolute Gasteiger partial charge is 0.316 e. The van der Waals surface area contributed by atoms with Crippen molar-refractivity contribution in [2.75, 3.05) is 13.2 Å². The van der Waals surface area contributed by atoms with Gasteiger partial charge >= 0.3 is 23.9 Å². The molecule has 0 aliphatic heterocycles. The van der Waals surface area contributed by atoms with Crippen molar-refractivity contribution in [3.8, 4) is 0 Å². The first kappa shape index (κ1) is 29.9. The molecule has 0 radical (unpaired) electrons. The number of carbonyl (C=O) groups excluding carboxylic acids is 2. The molecule has 186 valence electrons. The minimum absolute atomic E-state index is 0.126. The molecule has 0 bridgehead atoms. The summed E-state index contributed by atoms with van der Waals surface area (Å²) in [6.45, 7) is 3.40. The van der Waals surface area contributed by atoms with Crippen LogP contribution in [0, 0.1) is 5.41 Å². The Balaban J connectivity index is 4.84. The molecular formula is C24H42O8. The zero-order chi connectivity index (χ0) is 24.2. The van der Waals surface area contributed by atoms with E-state index in [2.05, 4.69) is 0 Å². The van der Waals surface area contributed by atoms with Crippen molar-refractivity contribution in [2.24, 2.45) is 5.41 Å². The van der Waals surface area contributed by atoms with E-state index in [1.54, 1.807) is 0 Å². The van der Waals surface area contributed by atoms with Gasteiger partial charge in [-0.1, -0.05) is 65.2 Å². The van der Waals surface area contributed by atoms with Crippen LogP contribution in [0.25, 0.3) is 0 Å². The zero-order valence-corrected chi connectivity index (χ0v) is 19.9. The van der Waals surface area contributed by atoms with Crippen molar-refractivity contribution in [2.45, 2.75) is 110 Å². The summed E-state index contributed by atoms with van der Waals surface area (Å²) >= 11 is 0. The summed E-state index contributed by atoms with van der Waals surface area (Å²) in [7, 11) is 0. The largest absolute Gasteiger partial charge is 0.481 e. The number of rotatable bonds is 21. The number of esters is 2. The molecular weight excluding hydrogens is 416 g/mol. The predicted molar refractivity (Wildman–Crippen MR) is 120 cm³/mol. The summed E-state index contributed by atoms with van der Waals surface area (Å²) in [6, 6.07) is 0. The van der Waals surface area contributed by atoms with E-state index in [-0.39, 0.29) is 38.9 Å². The lowest BCUT2D eigenvalue weighted by molar-refractivity contribution is -0.168. The summed E-state index contributed by atoms with van der Waals surface area (Å²) in [4.78, 5) is 46.8. The number of carboxylic acid groups (broad SMARTS) is 2. The molecule has 0 atom stereocenters. The molecule has 0 saturated carbocycles. The summed E-state index contributed by atoms with van der Waals surface area (Å²) in [6.07, 6.45) is 9.35. The Morgan fingerprint density at radius 1 is 0.625 bits per heavy atom. The molecule has 32 heavy (non-hydrogen) atoms. The fraction of sp³-hybridized carbons (Fsp3) is 0.833. The Morgan fingerprint density at radius 3 is 1.50 bits per heavy atom. The van der Waals surface area contributed by atoms with Crippen LogP contribution in [-0.2, 0) is 28.7 Å². The molecule has 0 heterocycles. The molecule has 0 aliphatic carbocycles. The van der Waals surface area contributed by atoms with Gasteiger partial charge in [-0.2, -0.15) is 0 Å². The van der Waals surface area contributed by atoms with Gasteiger partial charge in [0.2, 0.25) is 0 Å². The number of hydrogen-bond donors (Lipinski definition) is 2. The maximum atomic E-state index is 12.2. The van der Waals surface area contributed by atoms with Crippen LogP contribution in [0.5, 0.6) is 0 Å². The second kappa shape index (κ2) is 18.5. The summed E-state index contributed by atoms with van der Waals surface area (Å²) in [5, 5.41) is 18.6. The number of unbranched alkanes of at least 4 members (excludes halogenated alkanes) is 8. The summed E-state index contributed by atoms with van der Waals surface area (Å²) in [5.41, 5.74) is -1.47. The van der Waals surface area contributed by atoms with Gasteiger partial charge in [0.1, 0.15) is 18.6 Å². The topological polar surface area (TPSA) is 127 Å². The predicted octanol–water partition coefficient (Wildman–Crippen LogP) is 5.12. The minimum Gasteiger partial charge on any atom is -0.481 e. The Morgan fingerprint density at radius 2 is 1.06 bits per heavy atom. The van der Waals surface area contributed by atoms with Crippen LogP contribution < -0.4 is 0 Å². The Kier molecular flexibility index (Phi) is 17.2. The maximum Gasteiger partial charge on any atom is 0.316 e. The average molecular weight is 459 g/mol. The summed E-state index contributed by atoms with van der Waals surface area (Å²) < 4.78 is 10.6. The minimum atomic E-state index is -1.47. The third-order valence-electron chi connectivity index (χ3n) is 5.49. The second-order valence-corrected chi connectivity index (χ2v) is 8.48. The highest BCUT2D eigenvalue weighted by Gasteiger charge is 2.41. The van der Waals surface area contributed by atoms with Crippen LogP contribution in [0.2, 0.25) is 0 Å². The zero-order valence-electron chi connectivity index (χ0n) is 19.9. The maximum absolute atomic E-state index is 12.2. The Labute approximate surface area is 192 Å². The molecule has 0 aromatic rings. The quantitative estimate of drug-likeness (QED) is 0.179. The third kappa shape index (κ3) is 14.8. The van der Waals surface area contributed by atoms with Crippen molar-refractivity contribution in [3.63, 3.8) is 0 Å². The number of ether oxygens (including phenoxy) is 2. The molecule has 0 aliphatic rings. The van der Waals surface area contributed by atoms with Crippen molar-refractivity contribution < 1.29 is 38.9 Å². The Hall–Kier alpha value is -2.12. The van der Waals surface area contributed by atoms with E-state index in [4.69, 9.17) is 14.6 Å². The lowest BCUT2D eigenvalue weighted by Crippen LogP contribution is -2.41. The Bertz CT molecular complexity index is 532. The molecule has 0 amide bonds. The van der Waals surface area contributed by atoms with Gasteiger partial charge in [0.05, 0.1) is 0 Å². The van der Waals surface area contributed by atoms with E-state index in [1.807, 2.05) is 13.8 Å². The lowest BCUT2D eigenvalue weighted by atomic mass is 9.83. The standard InChI is InChI=1S/C24H42O8/c1-3-5-10-15-21(27)31-18-24(23(29)30,19-32-22(28)16-11-6-4-2)17-13-9-7-8-12-14-20(25)26/h3-19H2,1-2H3,(H,25,26)(H,29,30). The van der Waals surface area contributed by atoms with Crippen LogP contribution >= 0.6 is 0 Å². The molecule has 8 nitrogen and oxygen atoms in total. The highest BCUT2D eigenvalue weighted by Crippen LogP contribution is 2.28. The van der Waals surface area contributed by atoms with Crippen molar-refractivity contribution in [1.29, 1.82) is 0 Å². The van der Waals surface area contributed by atoms with Crippen LogP contribution in [0.3, 0.4) is 0 Å². The molecule has 0 spiro atoms. The molecule has 0 saturated heterocycles. The van der Waals surface area contributed by atoms with Crippen molar-refractivity contribution >= 4 is 23.9 Å². The number of hydrogen-bond acceptors (Lipinski definition) is 6. The van der Waals surface area contributed by atoms with Gasteiger partial charge in [-0.3, -0.25) is 19.2 Å². The van der Waals surface area contributed by atoms with Crippen LogP contribution in [0.1, 0.15) is 110 Å². The first-order valence-electron chi connectivity index (χ1n) is 12.0. The monoisotopic (exact) mass is 458 g/mol. The fourth-order valence-electron chi connectivity index (χ4n) is 3.31. The van der Waals surface area contributed by atoms with Crippen LogP contribution in [0.4, 0.5) is 0 Å². The first-order valence-corrected chi connectivity index (χ1v) is 12.0. The van der Waals surface area contributed by atoms with E-state index in [0.717, 1.165) is 44.9 Å². The van der Waals surface area contributed by atoms with Crippen molar-refractivity contribution in [1.82, 2.24) is 0 Å². The number of aliphatic carboxylic acids is 2. The van der Waals surface area contributed by atoms with E-state index in [0.29, 0.717) is 25.7 Å². The van der Waals surface area contributed by atoms with Gasteiger partial charge in [-0.15, -0.1) is 0 Å².